The van der Waals surface area contributed by atoms with Gasteiger partial charge in [0.05, 0.1) is 18.9 Å². The van der Waals surface area contributed by atoms with E-state index in [2.05, 4.69) is 26.6 Å². The smallest absolute Gasteiger partial charge is 0.269 e. The third kappa shape index (κ3) is 3.32. The first kappa shape index (κ1) is 16.3. The highest BCUT2D eigenvalue weighted by atomic mass is 16.5. The van der Waals surface area contributed by atoms with E-state index < -0.39 is 0 Å². The maximum atomic E-state index is 12.3. The summed E-state index contributed by atoms with van der Waals surface area (Å²) in [5, 5.41) is 11.3. The fourth-order valence-corrected chi connectivity index (χ4v) is 3.94. The Morgan fingerprint density at radius 1 is 1.36 bits per heavy atom. The summed E-state index contributed by atoms with van der Waals surface area (Å²) in [4.78, 5) is 14.7. The van der Waals surface area contributed by atoms with Gasteiger partial charge in [-0.15, -0.1) is 0 Å². The molecule has 2 fully saturated rings. The van der Waals surface area contributed by atoms with Crippen LogP contribution in [-0.2, 0) is 25.4 Å². The van der Waals surface area contributed by atoms with E-state index in [4.69, 9.17) is 4.74 Å². The summed E-state index contributed by atoms with van der Waals surface area (Å²) in [7, 11) is 3.71. The van der Waals surface area contributed by atoms with Crippen LogP contribution in [0.1, 0.15) is 16.1 Å². The van der Waals surface area contributed by atoms with Crippen LogP contribution < -0.4 is 5.32 Å². The normalized spacial score (nSPS) is 26.1. The number of aryl methyl sites for hydroxylation is 2. The summed E-state index contributed by atoms with van der Waals surface area (Å²) in [6.45, 7) is 4.23. The maximum absolute atomic E-state index is 12.3. The molecular weight excluding hydrogens is 320 g/mol. The van der Waals surface area contributed by atoms with Crippen LogP contribution in [0.3, 0.4) is 0 Å². The Labute approximate surface area is 146 Å². The van der Waals surface area contributed by atoms with E-state index in [1.165, 1.54) is 5.56 Å². The first-order chi connectivity index (χ1) is 12.1. The summed E-state index contributed by atoms with van der Waals surface area (Å²) < 4.78 is 9.40. The number of ether oxygens (including phenoxy) is 1. The molecule has 4 heterocycles. The molecule has 25 heavy (non-hydrogen) atoms. The third-order valence-electron chi connectivity index (χ3n) is 5.26. The number of hydrogen-bond donors (Lipinski definition) is 1. The number of hydrogen-bond acceptors (Lipinski definition) is 5. The Kier molecular flexibility index (Phi) is 4.30. The Balaban J connectivity index is 1.31. The molecule has 3 atom stereocenters. The van der Waals surface area contributed by atoms with Crippen LogP contribution in [0, 0.1) is 11.8 Å². The second-order valence-corrected chi connectivity index (χ2v) is 7.06. The molecule has 0 saturated carbocycles. The molecule has 2 saturated heterocycles. The minimum atomic E-state index is -0.0753. The molecular formula is C17H24N6O2. The lowest BCUT2D eigenvalue weighted by atomic mass is 9.93. The number of likely N-dealkylation sites (tertiary alicyclic amines) is 1. The lowest BCUT2D eigenvalue weighted by Gasteiger charge is -2.19. The lowest BCUT2D eigenvalue weighted by Crippen LogP contribution is -2.35. The summed E-state index contributed by atoms with van der Waals surface area (Å²) in [5.41, 5.74) is 1.81. The van der Waals surface area contributed by atoms with Crippen LogP contribution in [-0.4, -0.2) is 62.7 Å². The average molecular weight is 344 g/mol. The van der Waals surface area contributed by atoms with Crippen molar-refractivity contribution in [3.63, 3.8) is 0 Å². The van der Waals surface area contributed by atoms with Crippen LogP contribution in [0.2, 0.25) is 0 Å². The van der Waals surface area contributed by atoms with Gasteiger partial charge in [-0.1, -0.05) is 0 Å². The van der Waals surface area contributed by atoms with Crippen molar-refractivity contribution in [3.05, 3.63) is 35.9 Å². The highest BCUT2D eigenvalue weighted by Gasteiger charge is 2.43. The molecule has 2 aliphatic heterocycles. The molecule has 2 aromatic heterocycles. The molecule has 2 aliphatic rings. The van der Waals surface area contributed by atoms with Gasteiger partial charge >= 0.3 is 0 Å². The molecule has 0 radical (unpaired) electrons. The lowest BCUT2D eigenvalue weighted by molar-refractivity contribution is 0.0899. The van der Waals surface area contributed by atoms with Crippen LogP contribution in [0.15, 0.2) is 24.7 Å². The zero-order valence-corrected chi connectivity index (χ0v) is 14.6. The molecule has 0 aliphatic carbocycles. The monoisotopic (exact) mass is 344 g/mol. The van der Waals surface area contributed by atoms with Crippen LogP contribution in [0.5, 0.6) is 0 Å². The second-order valence-electron chi connectivity index (χ2n) is 7.06. The summed E-state index contributed by atoms with van der Waals surface area (Å²) in [5.74, 6) is 0.762. The number of carbonyl (C=O) groups is 1. The van der Waals surface area contributed by atoms with Crippen LogP contribution >= 0.6 is 0 Å². The zero-order valence-electron chi connectivity index (χ0n) is 14.6. The van der Waals surface area contributed by atoms with Gasteiger partial charge < -0.3 is 10.1 Å². The molecule has 8 heteroatoms. The van der Waals surface area contributed by atoms with Gasteiger partial charge in [-0.25, -0.2) is 0 Å². The zero-order chi connectivity index (χ0) is 17.4. The number of fused-ring (bicyclic) bond motifs is 1. The molecule has 1 N–H and O–H groups in total. The van der Waals surface area contributed by atoms with Gasteiger partial charge in [0.15, 0.2) is 0 Å². The van der Waals surface area contributed by atoms with Gasteiger partial charge in [0.25, 0.3) is 5.91 Å². The number of aromatic nitrogens is 4. The van der Waals surface area contributed by atoms with E-state index >= 15 is 0 Å². The molecule has 4 rings (SSSR count). The number of rotatable bonds is 5. The van der Waals surface area contributed by atoms with Crippen molar-refractivity contribution in [2.45, 2.75) is 12.6 Å². The van der Waals surface area contributed by atoms with Crippen LogP contribution in [0.25, 0.3) is 0 Å². The predicted molar refractivity (Wildman–Crippen MR) is 90.7 cm³/mol. The van der Waals surface area contributed by atoms with Gasteiger partial charge in [0.2, 0.25) is 0 Å². The molecule has 0 bridgehead atoms. The molecule has 2 aromatic rings. The Morgan fingerprint density at radius 3 is 2.96 bits per heavy atom. The van der Waals surface area contributed by atoms with Crippen molar-refractivity contribution < 1.29 is 9.53 Å². The first-order valence-corrected chi connectivity index (χ1v) is 8.68. The minimum absolute atomic E-state index is 0.0753. The number of amides is 1. The van der Waals surface area contributed by atoms with Crippen molar-refractivity contribution in [2.24, 2.45) is 25.9 Å². The van der Waals surface area contributed by atoms with Crippen molar-refractivity contribution in [3.8, 4) is 0 Å². The second kappa shape index (κ2) is 6.61. The van der Waals surface area contributed by atoms with Gasteiger partial charge in [0.1, 0.15) is 5.69 Å². The van der Waals surface area contributed by atoms with E-state index in [1.54, 1.807) is 24.0 Å². The standard InChI is InChI=1S/C17H24N6O2/c1-21-7-12(5-20-21)8-23-9-14-13(11-25-16(14)10-23)6-18-17(24)15-3-4-19-22(15)2/h3-5,7,13-14,16H,6,8-11H2,1-2H3,(H,18,24)/t13-,14+,16+/m0/s1. The molecule has 8 nitrogen and oxygen atoms in total. The first-order valence-electron chi connectivity index (χ1n) is 8.68. The highest BCUT2D eigenvalue weighted by Crippen LogP contribution is 2.34. The summed E-state index contributed by atoms with van der Waals surface area (Å²) in [6, 6.07) is 1.73. The molecule has 0 spiro atoms. The van der Waals surface area contributed by atoms with E-state index in [0.717, 1.165) is 26.2 Å². The van der Waals surface area contributed by atoms with Crippen molar-refractivity contribution in [1.82, 2.24) is 29.8 Å². The van der Waals surface area contributed by atoms with Crippen molar-refractivity contribution in [2.75, 3.05) is 26.2 Å². The van der Waals surface area contributed by atoms with Gasteiger partial charge in [-0.05, 0) is 6.07 Å². The van der Waals surface area contributed by atoms with Crippen LogP contribution in [0.4, 0.5) is 0 Å². The van der Waals surface area contributed by atoms with Crippen molar-refractivity contribution in [1.29, 1.82) is 0 Å². The third-order valence-corrected chi connectivity index (χ3v) is 5.26. The maximum Gasteiger partial charge on any atom is 0.269 e. The average Bonchev–Trinajstić information content (AvgIpc) is 3.32. The number of carbonyl (C=O) groups excluding carboxylic acids is 1. The van der Waals surface area contributed by atoms with Crippen molar-refractivity contribution >= 4 is 5.91 Å². The van der Waals surface area contributed by atoms with E-state index in [0.29, 0.717) is 24.1 Å². The molecule has 0 aromatic carbocycles. The van der Waals surface area contributed by atoms with E-state index in [1.807, 2.05) is 17.9 Å². The quantitative estimate of drug-likeness (QED) is 0.828. The Morgan fingerprint density at radius 2 is 2.24 bits per heavy atom. The fourth-order valence-electron chi connectivity index (χ4n) is 3.94. The van der Waals surface area contributed by atoms with Gasteiger partial charge in [0, 0.05) is 70.1 Å². The topological polar surface area (TPSA) is 77.2 Å². The predicted octanol–water partition coefficient (Wildman–Crippen LogP) is 0.0304. The fraction of sp³-hybridized carbons (Fsp3) is 0.588. The van der Waals surface area contributed by atoms with E-state index in [-0.39, 0.29) is 12.0 Å². The SMILES string of the molecule is Cn1cc(CN2C[C@@H]3[C@@H](CNC(=O)c4ccnn4C)CO[C@@H]3C2)cn1. The number of nitrogens with one attached hydrogen (secondary N) is 1. The molecule has 134 valence electrons. The van der Waals surface area contributed by atoms with Gasteiger partial charge in [-0.3, -0.25) is 19.1 Å². The minimum Gasteiger partial charge on any atom is -0.376 e. The largest absolute Gasteiger partial charge is 0.376 e. The summed E-state index contributed by atoms with van der Waals surface area (Å²) >= 11 is 0. The van der Waals surface area contributed by atoms with Gasteiger partial charge in [-0.2, -0.15) is 10.2 Å². The highest BCUT2D eigenvalue weighted by molar-refractivity contribution is 5.92. The Bertz CT molecular complexity index is 754. The molecule has 0 unspecified atom stereocenters. The Hall–Kier alpha value is -2.19. The van der Waals surface area contributed by atoms with E-state index in [9.17, 15) is 4.79 Å². The summed E-state index contributed by atoms with van der Waals surface area (Å²) in [6.07, 6.45) is 5.88. The molecule has 1 amide bonds. The number of nitrogens with zero attached hydrogens (tertiary/aromatic N) is 5.